The molecule has 0 aliphatic rings. The number of aromatic nitrogens is 2. The quantitative estimate of drug-likeness (QED) is 0.295. The van der Waals surface area contributed by atoms with Crippen molar-refractivity contribution in [1.29, 1.82) is 0 Å². The van der Waals surface area contributed by atoms with E-state index in [9.17, 15) is 14.8 Å². The van der Waals surface area contributed by atoms with E-state index in [1.807, 2.05) is 12.3 Å². The first-order valence-corrected chi connectivity index (χ1v) is 15.4. The number of rotatable bonds is 4. The molecule has 0 saturated heterocycles. The number of carbonyl (C=O) groups excluding carboxylic acids is 1. The van der Waals surface area contributed by atoms with Crippen LogP contribution in [-0.4, -0.2) is 46.7 Å². The Hall–Kier alpha value is -2.85. The molecular formula is C28H39BN2O5Si. The molecule has 0 bridgehead atoms. The highest BCUT2D eigenvalue weighted by atomic mass is 28.4. The van der Waals surface area contributed by atoms with Crippen molar-refractivity contribution in [3.63, 3.8) is 0 Å². The molecule has 2 aromatic carbocycles. The molecule has 0 amide bonds. The molecule has 198 valence electrons. The molecule has 0 aliphatic heterocycles. The Morgan fingerprint density at radius 1 is 0.973 bits per heavy atom. The summed E-state index contributed by atoms with van der Waals surface area (Å²) in [7, 11) is -3.38. The lowest BCUT2D eigenvalue weighted by Crippen LogP contribution is -2.40. The standard InChI is InChI=1S/C15H23NOSi.C13H16BNO4/c1-15(2,3)18(4,5)17-11-12-6-7-14-13(10-12)8-9-16-14;1-13(2,3)19-12(16)15-10-7-5-4-6-9(10)8-11(15)14(17)18/h6-10,16H,11H2,1-5H3;4-8,17-18H,1-3H3. The summed E-state index contributed by atoms with van der Waals surface area (Å²) in [6.07, 6.45) is 1.35. The number of nitrogens with zero attached hydrogens (tertiary/aromatic N) is 1. The van der Waals surface area contributed by atoms with Crippen LogP contribution in [0.4, 0.5) is 4.79 Å². The van der Waals surface area contributed by atoms with Gasteiger partial charge < -0.3 is 24.2 Å². The van der Waals surface area contributed by atoms with Crippen LogP contribution in [0.1, 0.15) is 47.1 Å². The highest BCUT2D eigenvalue weighted by Crippen LogP contribution is 2.37. The summed E-state index contributed by atoms with van der Waals surface area (Å²) < 4.78 is 12.7. The minimum atomic E-state index is -1.74. The molecule has 0 spiro atoms. The molecule has 0 atom stereocenters. The predicted molar refractivity (Wildman–Crippen MR) is 154 cm³/mol. The lowest BCUT2D eigenvalue weighted by Gasteiger charge is -2.36. The Morgan fingerprint density at radius 3 is 2.27 bits per heavy atom. The van der Waals surface area contributed by atoms with Gasteiger partial charge >= 0.3 is 13.2 Å². The molecule has 0 radical (unpaired) electrons. The smallest absolute Gasteiger partial charge is 0.443 e. The van der Waals surface area contributed by atoms with E-state index >= 15 is 0 Å². The van der Waals surface area contributed by atoms with Crippen molar-refractivity contribution >= 4 is 48.9 Å². The van der Waals surface area contributed by atoms with Gasteiger partial charge in [0, 0.05) is 11.7 Å². The molecule has 2 heterocycles. The summed E-state index contributed by atoms with van der Waals surface area (Å²) >= 11 is 0. The van der Waals surface area contributed by atoms with Gasteiger partial charge in [-0.25, -0.2) is 4.79 Å². The van der Waals surface area contributed by atoms with Crippen molar-refractivity contribution in [3.05, 3.63) is 66.4 Å². The fourth-order valence-electron chi connectivity index (χ4n) is 3.55. The maximum atomic E-state index is 12.2. The number of benzene rings is 2. The number of aromatic amines is 1. The summed E-state index contributed by atoms with van der Waals surface area (Å²) in [4.78, 5) is 15.4. The average Bonchev–Trinajstić information content (AvgIpc) is 3.40. The molecule has 37 heavy (non-hydrogen) atoms. The Morgan fingerprint density at radius 2 is 1.65 bits per heavy atom. The first-order chi connectivity index (χ1) is 17.1. The van der Waals surface area contributed by atoms with E-state index in [2.05, 4.69) is 63.1 Å². The van der Waals surface area contributed by atoms with Gasteiger partial charge in [0.1, 0.15) is 5.60 Å². The van der Waals surface area contributed by atoms with Crippen LogP contribution in [0.3, 0.4) is 0 Å². The number of carbonyl (C=O) groups is 1. The Bertz CT molecular complexity index is 1360. The monoisotopic (exact) mass is 522 g/mol. The Kier molecular flexibility index (Phi) is 8.44. The van der Waals surface area contributed by atoms with Crippen LogP contribution in [0.5, 0.6) is 0 Å². The van der Waals surface area contributed by atoms with E-state index in [4.69, 9.17) is 9.16 Å². The molecule has 7 nitrogen and oxygen atoms in total. The van der Waals surface area contributed by atoms with Crippen LogP contribution in [0.2, 0.25) is 18.1 Å². The van der Waals surface area contributed by atoms with Crippen molar-refractivity contribution in [1.82, 2.24) is 9.55 Å². The van der Waals surface area contributed by atoms with Gasteiger partial charge in [0.2, 0.25) is 0 Å². The first kappa shape index (κ1) is 28.7. The van der Waals surface area contributed by atoms with E-state index in [-0.39, 0.29) is 10.6 Å². The lowest BCUT2D eigenvalue weighted by molar-refractivity contribution is 0.0547. The van der Waals surface area contributed by atoms with Crippen LogP contribution < -0.4 is 5.59 Å². The lowest BCUT2D eigenvalue weighted by atomic mass is 9.86. The fraction of sp³-hybridized carbons (Fsp3) is 0.393. The summed E-state index contributed by atoms with van der Waals surface area (Å²) in [6.45, 7) is 17.4. The maximum Gasteiger partial charge on any atom is 0.506 e. The topological polar surface area (TPSA) is 96.7 Å². The van der Waals surface area contributed by atoms with Gasteiger partial charge in [0.05, 0.1) is 17.7 Å². The Labute approximate surface area is 220 Å². The third-order valence-corrected chi connectivity index (χ3v) is 11.1. The van der Waals surface area contributed by atoms with E-state index < -0.39 is 27.1 Å². The van der Waals surface area contributed by atoms with Gasteiger partial charge in [-0.15, -0.1) is 0 Å². The second-order valence-electron chi connectivity index (χ2n) is 11.8. The highest BCUT2D eigenvalue weighted by Gasteiger charge is 2.37. The zero-order valence-electron chi connectivity index (χ0n) is 23.1. The molecule has 0 aliphatic carbocycles. The van der Waals surface area contributed by atoms with Gasteiger partial charge in [0.15, 0.2) is 8.32 Å². The normalized spacial score (nSPS) is 12.4. The number of hydrogen-bond donors (Lipinski definition) is 3. The third kappa shape index (κ3) is 7.13. The average molecular weight is 523 g/mol. The molecule has 3 N–H and O–H groups in total. The van der Waals surface area contributed by atoms with E-state index in [0.29, 0.717) is 5.52 Å². The largest absolute Gasteiger partial charge is 0.506 e. The van der Waals surface area contributed by atoms with Crippen molar-refractivity contribution in [3.8, 4) is 0 Å². The zero-order valence-corrected chi connectivity index (χ0v) is 24.1. The van der Waals surface area contributed by atoms with Crippen LogP contribution >= 0.6 is 0 Å². The second-order valence-corrected chi connectivity index (χ2v) is 16.6. The third-order valence-electron chi connectivity index (χ3n) is 6.60. The fourth-order valence-corrected chi connectivity index (χ4v) is 4.51. The van der Waals surface area contributed by atoms with E-state index in [1.54, 1.807) is 45.0 Å². The van der Waals surface area contributed by atoms with Gasteiger partial charge in [-0.3, -0.25) is 4.57 Å². The van der Waals surface area contributed by atoms with Gasteiger partial charge in [-0.1, -0.05) is 45.0 Å². The van der Waals surface area contributed by atoms with Crippen LogP contribution in [0.15, 0.2) is 60.8 Å². The number of para-hydroxylation sites is 1. The van der Waals surface area contributed by atoms with Gasteiger partial charge in [0.25, 0.3) is 0 Å². The molecule has 4 rings (SSSR count). The zero-order chi connectivity index (χ0) is 27.6. The van der Waals surface area contributed by atoms with E-state index in [0.717, 1.165) is 12.0 Å². The van der Waals surface area contributed by atoms with Crippen LogP contribution in [0.25, 0.3) is 21.8 Å². The molecule has 2 aromatic heterocycles. The summed E-state index contributed by atoms with van der Waals surface area (Å²) in [5, 5.41) is 21.0. The number of H-pyrrole nitrogens is 1. The van der Waals surface area contributed by atoms with E-state index in [1.165, 1.54) is 21.0 Å². The van der Waals surface area contributed by atoms with Crippen molar-refractivity contribution in [2.45, 2.75) is 71.9 Å². The molecule has 9 heteroatoms. The van der Waals surface area contributed by atoms with Crippen LogP contribution in [0, 0.1) is 0 Å². The molecule has 0 saturated carbocycles. The minimum Gasteiger partial charge on any atom is -0.443 e. The maximum absolute atomic E-state index is 12.2. The van der Waals surface area contributed by atoms with Gasteiger partial charge in [-0.2, -0.15) is 0 Å². The molecule has 4 aromatic rings. The van der Waals surface area contributed by atoms with Crippen molar-refractivity contribution in [2.75, 3.05) is 0 Å². The summed E-state index contributed by atoms with van der Waals surface area (Å²) in [6, 6.07) is 17.2. The number of hydrogen-bond acceptors (Lipinski definition) is 5. The second kappa shape index (κ2) is 10.9. The SMILES string of the molecule is CC(C)(C)OC(=O)n1c(B(O)O)cc2ccccc21.CC(C)(C)[Si](C)(C)OCc1ccc2[nH]ccc2c1. The number of ether oxygens (including phenoxy) is 1. The Balaban J connectivity index is 0.000000206. The summed E-state index contributed by atoms with van der Waals surface area (Å²) in [5.74, 6) is 0. The summed E-state index contributed by atoms with van der Waals surface area (Å²) in [5.41, 5.74) is 2.47. The molecule has 0 unspecified atom stereocenters. The predicted octanol–water partition coefficient (Wildman–Crippen LogP) is 5.79. The van der Waals surface area contributed by atoms with Crippen LogP contribution in [-0.2, 0) is 15.8 Å². The minimum absolute atomic E-state index is 0.0930. The van der Waals surface area contributed by atoms with Gasteiger partial charge in [-0.05, 0) is 85.6 Å². The first-order valence-electron chi connectivity index (χ1n) is 12.5. The van der Waals surface area contributed by atoms with Crippen molar-refractivity contribution in [2.24, 2.45) is 0 Å². The van der Waals surface area contributed by atoms with Crippen molar-refractivity contribution < 1.29 is 24.0 Å². The highest BCUT2D eigenvalue weighted by molar-refractivity contribution is 6.74. The number of fused-ring (bicyclic) bond motifs is 2. The molecular weight excluding hydrogens is 483 g/mol. The molecule has 0 fully saturated rings. The number of nitrogens with one attached hydrogen (secondary N) is 1.